The lowest BCUT2D eigenvalue weighted by Crippen LogP contribution is -2.31. The second-order valence-corrected chi connectivity index (χ2v) is 3.86. The largest absolute Gasteiger partial charge is 0.481 e. The molecule has 0 aliphatic heterocycles. The number of hydrogen-bond donors (Lipinski definition) is 2. The van der Waals surface area contributed by atoms with Crippen LogP contribution >= 0.6 is 24.8 Å². The van der Waals surface area contributed by atoms with E-state index >= 15 is 0 Å². The van der Waals surface area contributed by atoms with Gasteiger partial charge in [-0.25, -0.2) is 0 Å². The Labute approximate surface area is 102 Å². The van der Waals surface area contributed by atoms with Crippen LogP contribution in [0.4, 0.5) is 0 Å². The number of carboxylic acids is 2. The molecule has 2 N–H and O–H groups in total. The summed E-state index contributed by atoms with van der Waals surface area (Å²) in [5.41, 5.74) is -0.852. The van der Waals surface area contributed by atoms with Crippen LogP contribution in [-0.2, 0) is 9.59 Å². The van der Waals surface area contributed by atoms with Crippen molar-refractivity contribution in [3.05, 3.63) is 0 Å². The maximum Gasteiger partial charge on any atom is 0.309 e. The molecule has 0 aromatic heterocycles. The van der Waals surface area contributed by atoms with E-state index in [4.69, 9.17) is 10.2 Å². The van der Waals surface area contributed by atoms with Crippen molar-refractivity contribution in [2.75, 3.05) is 0 Å². The summed E-state index contributed by atoms with van der Waals surface area (Å²) in [6.07, 6.45) is 0.423. The van der Waals surface area contributed by atoms with E-state index in [0.29, 0.717) is 6.42 Å². The summed E-state index contributed by atoms with van der Waals surface area (Å²) in [5.74, 6) is -1.90. The van der Waals surface area contributed by atoms with Gasteiger partial charge in [0.2, 0.25) is 0 Å². The van der Waals surface area contributed by atoms with Crippen molar-refractivity contribution in [3.8, 4) is 0 Å². The van der Waals surface area contributed by atoms with Gasteiger partial charge in [-0.1, -0.05) is 6.92 Å². The molecule has 0 aromatic carbocycles. The Morgan fingerprint density at radius 1 is 1.20 bits per heavy atom. The lowest BCUT2D eigenvalue weighted by molar-refractivity contribution is -0.150. The number of hydrogen-bond acceptors (Lipinski definition) is 2. The predicted molar refractivity (Wildman–Crippen MR) is 61.9 cm³/mol. The molecule has 0 aromatic rings. The van der Waals surface area contributed by atoms with E-state index in [1.807, 2.05) is 0 Å². The van der Waals surface area contributed by atoms with Gasteiger partial charge in [-0.15, -0.1) is 24.8 Å². The van der Waals surface area contributed by atoms with Crippen molar-refractivity contribution in [1.82, 2.24) is 0 Å². The summed E-state index contributed by atoms with van der Waals surface area (Å²) in [6.45, 7) is 4.99. The summed E-state index contributed by atoms with van der Waals surface area (Å²) < 4.78 is 0. The minimum atomic E-state index is -0.884. The SMILES string of the molecule is CC(CCC(=O)O)C(C)(C)C(=O)O.Cl.Cl. The highest BCUT2D eigenvalue weighted by atomic mass is 35.5. The van der Waals surface area contributed by atoms with E-state index in [9.17, 15) is 9.59 Å². The smallest absolute Gasteiger partial charge is 0.309 e. The molecule has 0 rings (SSSR count). The molecule has 0 saturated heterocycles. The van der Waals surface area contributed by atoms with Crippen LogP contribution in [0.2, 0.25) is 0 Å². The molecule has 0 bridgehead atoms. The molecule has 0 spiro atoms. The van der Waals surface area contributed by atoms with Gasteiger partial charge in [-0.2, -0.15) is 0 Å². The van der Waals surface area contributed by atoms with Crippen LogP contribution < -0.4 is 0 Å². The fraction of sp³-hybridized carbons (Fsp3) is 0.778. The lowest BCUT2D eigenvalue weighted by Gasteiger charge is -2.26. The van der Waals surface area contributed by atoms with Crippen molar-refractivity contribution in [2.24, 2.45) is 11.3 Å². The summed E-state index contributed by atoms with van der Waals surface area (Å²) >= 11 is 0. The average Bonchev–Trinajstić information content (AvgIpc) is 1.99. The van der Waals surface area contributed by atoms with Crippen LogP contribution in [0.1, 0.15) is 33.6 Å². The molecule has 0 aliphatic rings. The minimum absolute atomic E-state index is 0. The summed E-state index contributed by atoms with van der Waals surface area (Å²) in [5, 5.41) is 17.2. The molecule has 6 heteroatoms. The zero-order valence-electron chi connectivity index (χ0n) is 9.02. The molecule has 0 fully saturated rings. The monoisotopic (exact) mass is 260 g/mol. The van der Waals surface area contributed by atoms with Gasteiger partial charge in [0.1, 0.15) is 0 Å². The van der Waals surface area contributed by atoms with E-state index in [1.54, 1.807) is 20.8 Å². The molecular weight excluding hydrogens is 243 g/mol. The third kappa shape index (κ3) is 6.57. The number of halogens is 2. The van der Waals surface area contributed by atoms with Gasteiger partial charge in [-0.05, 0) is 26.2 Å². The van der Waals surface area contributed by atoms with Gasteiger partial charge in [0.05, 0.1) is 5.41 Å². The van der Waals surface area contributed by atoms with Crippen molar-refractivity contribution < 1.29 is 19.8 Å². The summed E-state index contributed by atoms with van der Waals surface area (Å²) in [7, 11) is 0. The maximum atomic E-state index is 10.8. The van der Waals surface area contributed by atoms with Crippen molar-refractivity contribution in [2.45, 2.75) is 33.6 Å². The van der Waals surface area contributed by atoms with Gasteiger partial charge >= 0.3 is 11.9 Å². The molecule has 0 radical (unpaired) electrons. The summed E-state index contributed by atoms with van der Waals surface area (Å²) in [4.78, 5) is 21.0. The Kier molecular flexibility index (Phi) is 10.4. The zero-order chi connectivity index (χ0) is 10.6. The van der Waals surface area contributed by atoms with Crippen LogP contribution in [0.25, 0.3) is 0 Å². The first-order valence-corrected chi connectivity index (χ1v) is 4.23. The Morgan fingerprint density at radius 3 is 1.87 bits per heavy atom. The van der Waals surface area contributed by atoms with Crippen LogP contribution in [0.5, 0.6) is 0 Å². The Bertz CT molecular complexity index is 216. The molecule has 1 atom stereocenters. The Hall–Kier alpha value is -0.480. The maximum absolute atomic E-state index is 10.8. The van der Waals surface area contributed by atoms with Gasteiger partial charge in [0.15, 0.2) is 0 Å². The molecule has 4 nitrogen and oxygen atoms in total. The molecular formula is C9H18Cl2O4. The highest BCUT2D eigenvalue weighted by molar-refractivity contribution is 5.85. The number of carboxylic acid groups (broad SMARTS) is 2. The molecule has 15 heavy (non-hydrogen) atoms. The first kappa shape index (κ1) is 20.0. The fourth-order valence-electron chi connectivity index (χ4n) is 0.912. The molecule has 0 aliphatic carbocycles. The lowest BCUT2D eigenvalue weighted by atomic mass is 9.78. The normalized spacial score (nSPS) is 11.9. The first-order valence-electron chi connectivity index (χ1n) is 4.23. The van der Waals surface area contributed by atoms with E-state index in [0.717, 1.165) is 0 Å². The molecule has 0 heterocycles. The van der Waals surface area contributed by atoms with Crippen LogP contribution in [0.3, 0.4) is 0 Å². The first-order chi connectivity index (χ1) is 5.78. The standard InChI is InChI=1S/C9H16O4.2ClH/c1-6(4-5-7(10)11)9(2,3)8(12)13;;/h6H,4-5H2,1-3H3,(H,10,11)(H,12,13);2*1H. The zero-order valence-corrected chi connectivity index (χ0v) is 10.7. The number of aliphatic carboxylic acids is 2. The average molecular weight is 261 g/mol. The van der Waals surface area contributed by atoms with E-state index in [-0.39, 0.29) is 37.2 Å². The minimum Gasteiger partial charge on any atom is -0.481 e. The number of rotatable bonds is 5. The quantitative estimate of drug-likeness (QED) is 0.797. The van der Waals surface area contributed by atoms with Crippen molar-refractivity contribution in [3.63, 3.8) is 0 Å². The van der Waals surface area contributed by atoms with Gasteiger partial charge in [0.25, 0.3) is 0 Å². The summed E-state index contributed by atoms with van der Waals surface area (Å²) in [6, 6.07) is 0. The second kappa shape index (κ2) is 7.77. The van der Waals surface area contributed by atoms with E-state index in [2.05, 4.69) is 0 Å². The van der Waals surface area contributed by atoms with E-state index in [1.165, 1.54) is 0 Å². The third-order valence-corrected chi connectivity index (χ3v) is 2.57. The molecule has 0 amide bonds. The molecule has 92 valence electrons. The Balaban J connectivity index is -0.000000720. The highest BCUT2D eigenvalue weighted by Crippen LogP contribution is 2.30. The van der Waals surface area contributed by atoms with Crippen LogP contribution in [0, 0.1) is 11.3 Å². The van der Waals surface area contributed by atoms with E-state index < -0.39 is 17.4 Å². The van der Waals surface area contributed by atoms with Crippen molar-refractivity contribution >= 4 is 36.8 Å². The third-order valence-electron chi connectivity index (χ3n) is 2.57. The molecule has 1 unspecified atom stereocenters. The van der Waals surface area contributed by atoms with Gasteiger partial charge in [0, 0.05) is 6.42 Å². The second-order valence-electron chi connectivity index (χ2n) is 3.86. The predicted octanol–water partition coefficient (Wildman–Crippen LogP) is 2.44. The molecule has 0 saturated carbocycles. The van der Waals surface area contributed by atoms with Crippen LogP contribution in [0.15, 0.2) is 0 Å². The topological polar surface area (TPSA) is 74.6 Å². The fourth-order valence-corrected chi connectivity index (χ4v) is 0.912. The highest BCUT2D eigenvalue weighted by Gasteiger charge is 2.33. The van der Waals surface area contributed by atoms with Gasteiger partial charge in [-0.3, -0.25) is 9.59 Å². The van der Waals surface area contributed by atoms with Crippen molar-refractivity contribution in [1.29, 1.82) is 0 Å². The van der Waals surface area contributed by atoms with Crippen LogP contribution in [-0.4, -0.2) is 22.2 Å². The number of carbonyl (C=O) groups is 2. The van der Waals surface area contributed by atoms with Gasteiger partial charge < -0.3 is 10.2 Å². The Morgan fingerprint density at radius 2 is 1.60 bits per heavy atom.